The predicted octanol–water partition coefficient (Wildman–Crippen LogP) is 7.78. The third-order valence-electron chi connectivity index (χ3n) is 6.01. The Morgan fingerprint density at radius 1 is 0.880 bits per heavy atom. The van der Waals surface area contributed by atoms with Crippen molar-refractivity contribution in [1.82, 2.24) is 0 Å². The van der Waals surface area contributed by atoms with Crippen molar-refractivity contribution < 1.29 is 0 Å². The van der Waals surface area contributed by atoms with Gasteiger partial charge in [0.2, 0.25) is 0 Å². The van der Waals surface area contributed by atoms with Gasteiger partial charge in [0.05, 0.1) is 8.07 Å². The summed E-state index contributed by atoms with van der Waals surface area (Å²) in [5.74, 6) is 0. The third-order valence-corrected chi connectivity index (χ3v) is 11.0. The van der Waals surface area contributed by atoms with E-state index in [2.05, 4.69) is 101 Å². The van der Waals surface area contributed by atoms with Crippen molar-refractivity contribution in [3.63, 3.8) is 0 Å². The van der Waals surface area contributed by atoms with Crippen molar-refractivity contribution in [1.29, 1.82) is 0 Å². The molecule has 0 radical (unpaired) electrons. The Morgan fingerprint density at radius 3 is 1.84 bits per heavy atom. The van der Waals surface area contributed by atoms with Crippen LogP contribution in [0.15, 0.2) is 67.8 Å². The molecule has 0 bridgehead atoms. The van der Waals surface area contributed by atoms with Gasteiger partial charge < -0.3 is 0 Å². The lowest BCUT2D eigenvalue weighted by atomic mass is 10.1. The molecule has 2 aliphatic carbocycles. The average Bonchev–Trinajstić information content (AvgIpc) is 3.04. The SMILES string of the molecule is CC1=C(C)CC([Si](C)(C)C2c3cc(Br)ccc3-c3ccc(Br)cc32)=C1. The van der Waals surface area contributed by atoms with Gasteiger partial charge in [0, 0.05) is 14.5 Å². The number of hydrogen-bond acceptors (Lipinski definition) is 0. The van der Waals surface area contributed by atoms with Crippen molar-refractivity contribution in [3.05, 3.63) is 78.9 Å². The molecule has 0 aliphatic heterocycles. The van der Waals surface area contributed by atoms with E-state index in [1.807, 2.05) is 0 Å². The minimum atomic E-state index is -1.69. The van der Waals surface area contributed by atoms with E-state index in [-0.39, 0.29) is 0 Å². The van der Waals surface area contributed by atoms with Crippen LogP contribution in [0.4, 0.5) is 0 Å². The van der Waals surface area contributed by atoms with Gasteiger partial charge in [-0.05, 0) is 66.8 Å². The van der Waals surface area contributed by atoms with E-state index in [1.54, 1.807) is 5.20 Å². The fourth-order valence-corrected chi connectivity index (χ4v) is 8.91. The van der Waals surface area contributed by atoms with Crippen molar-refractivity contribution in [2.24, 2.45) is 0 Å². The molecular formula is C22H22Br2Si. The van der Waals surface area contributed by atoms with Crippen molar-refractivity contribution >= 4 is 39.9 Å². The molecule has 3 heteroatoms. The van der Waals surface area contributed by atoms with Crippen LogP contribution < -0.4 is 0 Å². The van der Waals surface area contributed by atoms with Crippen LogP contribution in [0.3, 0.4) is 0 Å². The van der Waals surface area contributed by atoms with E-state index in [4.69, 9.17) is 0 Å². The van der Waals surface area contributed by atoms with Gasteiger partial charge in [0.15, 0.2) is 0 Å². The van der Waals surface area contributed by atoms with E-state index in [1.165, 1.54) is 42.3 Å². The number of rotatable bonds is 2. The summed E-state index contributed by atoms with van der Waals surface area (Å²) >= 11 is 7.41. The second kappa shape index (κ2) is 6.07. The molecule has 128 valence electrons. The molecule has 2 aromatic rings. The minimum absolute atomic E-state index is 0.512. The van der Waals surface area contributed by atoms with Crippen LogP contribution in [0.2, 0.25) is 13.1 Å². The number of benzene rings is 2. The van der Waals surface area contributed by atoms with Gasteiger partial charge in [0.25, 0.3) is 0 Å². The fourth-order valence-electron chi connectivity index (χ4n) is 4.44. The lowest BCUT2D eigenvalue weighted by molar-refractivity contribution is 1.09. The van der Waals surface area contributed by atoms with Crippen LogP contribution in [-0.4, -0.2) is 8.07 Å². The number of allylic oxidation sites excluding steroid dienone is 4. The number of hydrogen-bond donors (Lipinski definition) is 0. The van der Waals surface area contributed by atoms with Gasteiger partial charge >= 0.3 is 0 Å². The van der Waals surface area contributed by atoms with Crippen molar-refractivity contribution in [2.45, 2.75) is 38.9 Å². The quantitative estimate of drug-likeness (QED) is 0.390. The van der Waals surface area contributed by atoms with E-state index < -0.39 is 8.07 Å². The van der Waals surface area contributed by atoms with Crippen molar-refractivity contribution in [3.8, 4) is 11.1 Å². The molecule has 0 spiro atoms. The zero-order valence-corrected chi connectivity index (χ0v) is 19.3. The smallest absolute Gasteiger partial charge is 0.0756 e. The summed E-state index contributed by atoms with van der Waals surface area (Å²) in [6, 6.07) is 13.6. The molecule has 2 aromatic carbocycles. The van der Waals surface area contributed by atoms with E-state index in [9.17, 15) is 0 Å². The molecule has 0 atom stereocenters. The van der Waals surface area contributed by atoms with E-state index >= 15 is 0 Å². The molecular weight excluding hydrogens is 452 g/mol. The third kappa shape index (κ3) is 2.75. The molecule has 0 saturated carbocycles. The summed E-state index contributed by atoms with van der Waals surface area (Å²) in [4.78, 5) is 0. The summed E-state index contributed by atoms with van der Waals surface area (Å²) < 4.78 is 2.36. The molecule has 0 aromatic heterocycles. The minimum Gasteiger partial charge on any atom is -0.0756 e. The number of fused-ring (bicyclic) bond motifs is 3. The summed E-state index contributed by atoms with van der Waals surface area (Å²) in [5.41, 5.74) is 9.35. The first-order valence-corrected chi connectivity index (χ1v) is 13.4. The van der Waals surface area contributed by atoms with Gasteiger partial charge in [-0.1, -0.05) is 79.5 Å². The molecule has 0 saturated heterocycles. The zero-order valence-electron chi connectivity index (χ0n) is 15.1. The van der Waals surface area contributed by atoms with Crippen molar-refractivity contribution in [2.75, 3.05) is 0 Å². The second-order valence-electron chi connectivity index (χ2n) is 7.93. The zero-order chi connectivity index (χ0) is 17.9. The van der Waals surface area contributed by atoms with E-state index in [0.29, 0.717) is 5.54 Å². The molecule has 0 fully saturated rings. The Labute approximate surface area is 168 Å². The summed E-state index contributed by atoms with van der Waals surface area (Å²) in [6.45, 7) is 9.65. The average molecular weight is 474 g/mol. The van der Waals surface area contributed by atoms with Gasteiger partial charge in [0.1, 0.15) is 0 Å². The molecule has 4 rings (SSSR count). The molecule has 0 unspecified atom stereocenters. The maximum atomic E-state index is 3.70. The molecule has 2 aliphatic rings. The van der Waals surface area contributed by atoms with Crippen LogP contribution in [0, 0.1) is 0 Å². The Balaban J connectivity index is 1.91. The predicted molar refractivity (Wildman–Crippen MR) is 118 cm³/mol. The number of halogens is 2. The van der Waals surface area contributed by atoms with Crippen LogP contribution in [0.1, 0.15) is 36.9 Å². The highest BCUT2D eigenvalue weighted by Gasteiger charge is 2.43. The Bertz CT molecular complexity index is 899. The van der Waals surface area contributed by atoms with Crippen LogP contribution >= 0.6 is 31.9 Å². The van der Waals surface area contributed by atoms with Crippen LogP contribution in [0.5, 0.6) is 0 Å². The molecule has 0 nitrogen and oxygen atoms in total. The molecule has 0 amide bonds. The molecule has 25 heavy (non-hydrogen) atoms. The highest BCUT2D eigenvalue weighted by Crippen LogP contribution is 2.53. The lowest BCUT2D eigenvalue weighted by Gasteiger charge is -2.33. The van der Waals surface area contributed by atoms with Gasteiger partial charge in [-0.3, -0.25) is 0 Å². The first-order chi connectivity index (χ1) is 11.8. The largest absolute Gasteiger partial charge is 0.0881 e. The Hall–Kier alpha value is -0.903. The summed E-state index contributed by atoms with van der Waals surface area (Å²) in [5, 5.41) is 1.69. The maximum absolute atomic E-state index is 3.70. The summed E-state index contributed by atoms with van der Waals surface area (Å²) in [6.07, 6.45) is 3.64. The lowest BCUT2D eigenvalue weighted by Crippen LogP contribution is -2.37. The highest BCUT2D eigenvalue weighted by atomic mass is 79.9. The van der Waals surface area contributed by atoms with Crippen LogP contribution in [0.25, 0.3) is 11.1 Å². The molecule has 0 heterocycles. The summed E-state index contributed by atoms with van der Waals surface area (Å²) in [7, 11) is -1.69. The Kier molecular flexibility index (Phi) is 4.25. The maximum Gasteiger partial charge on any atom is 0.0881 e. The van der Waals surface area contributed by atoms with Gasteiger partial charge in [-0.2, -0.15) is 0 Å². The molecule has 0 N–H and O–H groups in total. The first-order valence-electron chi connectivity index (χ1n) is 8.75. The monoisotopic (exact) mass is 472 g/mol. The fraction of sp³-hybridized carbons (Fsp3) is 0.273. The van der Waals surface area contributed by atoms with Crippen LogP contribution in [-0.2, 0) is 0 Å². The van der Waals surface area contributed by atoms with E-state index in [0.717, 1.165) is 6.42 Å². The normalized spacial score (nSPS) is 17.0. The first kappa shape index (κ1) is 17.5. The standard InChI is InChI=1S/C22H22Br2Si/c1-13-9-17(10-14(13)2)25(3,4)22-20-11-15(23)5-7-18(20)19-8-6-16(24)12-21(19)22/h5-9,11-12,22H,10H2,1-4H3. The second-order valence-corrected chi connectivity index (χ2v) is 14.4. The highest BCUT2D eigenvalue weighted by molar-refractivity contribution is 9.10. The van der Waals surface area contributed by atoms with Gasteiger partial charge in [-0.25, -0.2) is 0 Å². The van der Waals surface area contributed by atoms with Gasteiger partial charge in [-0.15, -0.1) is 0 Å². The Morgan fingerprint density at radius 2 is 1.40 bits per heavy atom. The topological polar surface area (TPSA) is 0 Å².